The highest BCUT2D eigenvalue weighted by atomic mass is 31.1. The van der Waals surface area contributed by atoms with Crippen LogP contribution in [0.1, 0.15) is 0 Å². The zero-order valence-electron chi connectivity index (χ0n) is 5.02. The quantitative estimate of drug-likeness (QED) is 0.210. The van der Waals surface area contributed by atoms with Crippen molar-refractivity contribution in [1.29, 1.82) is 0 Å². The molecule has 0 saturated heterocycles. The van der Waals surface area contributed by atoms with Gasteiger partial charge in [0.1, 0.15) is 0 Å². The molecule has 0 fully saturated rings. The Kier molecular flexibility index (Phi) is 8.01. The molecule has 8 heavy (non-hydrogen) atoms. The maximum absolute atomic E-state index is 2.12. The fourth-order valence-corrected chi connectivity index (χ4v) is 0. The Morgan fingerprint density at radius 1 is 1.00 bits per heavy atom. The van der Waals surface area contributed by atoms with E-state index in [0.717, 1.165) is 19.6 Å². The van der Waals surface area contributed by atoms with Crippen LogP contribution in [0.2, 0.25) is 0 Å². The number of nitrogens with zero attached hydrogens (tertiary/aromatic N) is 1. The summed E-state index contributed by atoms with van der Waals surface area (Å²) < 4.78 is 1.00. The van der Waals surface area contributed by atoms with E-state index in [1.807, 2.05) is 0 Å². The molecule has 0 atom stereocenters. The molecule has 1 nitrogen and oxygen atoms in total. The van der Waals surface area contributed by atoms with Gasteiger partial charge in [-0.25, -0.2) is 0 Å². The maximum atomic E-state index is 2.12. The molecule has 0 aromatic heterocycles. The van der Waals surface area contributed by atoms with Gasteiger partial charge in [0.05, 0.1) is 43.3 Å². The Hall–Kier alpha value is 0.520. The highest BCUT2D eigenvalue weighted by Crippen LogP contribution is 1.79. The first kappa shape index (κ1) is 11.3. The van der Waals surface area contributed by atoms with Gasteiger partial charge in [0, 0.05) is 0 Å². The lowest BCUT2D eigenvalue weighted by Gasteiger charge is -2.14. The second-order valence-corrected chi connectivity index (χ2v) is 2.68. The molecule has 0 aliphatic carbocycles. The summed E-state index contributed by atoms with van der Waals surface area (Å²) in [6.45, 7) is 0. The summed E-state index contributed by atoms with van der Waals surface area (Å²) in [6.07, 6.45) is 0. The molecule has 0 radical (unpaired) electrons. The predicted octanol–water partition coefficient (Wildman–Crippen LogP) is -1.72. The van der Waals surface area contributed by atoms with Crippen LogP contribution < -0.4 is 0 Å². The van der Waals surface area contributed by atoms with Crippen LogP contribution >= 0.6 is 8.34 Å². The van der Waals surface area contributed by atoms with Gasteiger partial charge in [-0.3, -0.25) is 0 Å². The van der Waals surface area contributed by atoms with E-state index >= 15 is 0 Å². The number of quaternary nitrogens is 1. The largest absolute Gasteiger partial charge is 0.359 e. The summed E-state index contributed by atoms with van der Waals surface area (Å²) in [4.78, 5) is 0. The molecule has 0 heterocycles. The van der Waals surface area contributed by atoms with Crippen molar-refractivity contribution in [2.75, 3.05) is 28.2 Å². The van der Waals surface area contributed by atoms with Crippen molar-refractivity contribution in [1.82, 2.24) is 0 Å². The third-order valence-electron chi connectivity index (χ3n) is 0. The van der Waals surface area contributed by atoms with Crippen LogP contribution in [0, 0.1) is 0 Å². The number of rotatable bonds is 0. The third kappa shape index (κ3) is 735. The molecule has 0 spiro atoms. The molecule has 0 N–H and O–H groups in total. The first-order chi connectivity index (χ1) is 3.41. The van der Waals surface area contributed by atoms with Crippen LogP contribution in [0.25, 0.3) is 0 Å². The highest BCUT2D eigenvalue weighted by molar-refractivity contribution is 7.87. The van der Waals surface area contributed by atoms with Crippen molar-refractivity contribution in [2.45, 2.75) is 0 Å². The summed E-state index contributed by atoms with van der Waals surface area (Å²) >= 11 is 0. The van der Waals surface area contributed by atoms with E-state index in [1.165, 1.54) is 8.34 Å². The molecule has 0 unspecified atom stereocenters. The van der Waals surface area contributed by atoms with Gasteiger partial charge in [0.2, 0.25) is 0 Å². The summed E-state index contributed by atoms with van der Waals surface area (Å²) in [5.41, 5.74) is 0. The van der Waals surface area contributed by atoms with Crippen LogP contribution in [0.3, 0.4) is 0 Å². The van der Waals surface area contributed by atoms with E-state index in [-0.39, 0.29) is 0 Å². The lowest BCUT2D eigenvalue weighted by molar-refractivity contribution is -0.849. The smallest absolute Gasteiger partial charge is 0.0781 e. The Bertz CT molecular complexity index is 37.8. The molecule has 0 aromatic rings. The fourth-order valence-electron chi connectivity index (χ4n) is 0. The van der Waals surface area contributed by atoms with Gasteiger partial charge in [0.15, 0.2) is 0 Å². The van der Waals surface area contributed by atoms with Crippen molar-refractivity contribution in [3.63, 3.8) is 0 Å². The van der Waals surface area contributed by atoms with E-state index in [2.05, 4.69) is 28.2 Å². The molecule has 0 saturated carbocycles. The number of hydrogen-bond acceptors (Lipinski definition) is 0. The van der Waals surface area contributed by atoms with Crippen molar-refractivity contribution >= 4 is 23.5 Å². The fraction of sp³-hybridized carbons (Fsp3) is 1.00. The van der Waals surface area contributed by atoms with E-state index in [4.69, 9.17) is 0 Å². The number of hydrogen-bond donors (Lipinski definition) is 0. The monoisotopic (exact) mass is 135 g/mol. The van der Waals surface area contributed by atoms with Crippen LogP contribution in [0.4, 0.5) is 0 Å². The molecule has 0 aliphatic heterocycles. The summed E-state index contributed by atoms with van der Waals surface area (Å²) in [6, 6.07) is 0. The van der Waals surface area contributed by atoms with E-state index in [9.17, 15) is 0 Å². The molecular weight excluding hydrogens is 115 g/mol. The standard InChI is InChI=1S/C4H12N.B2H8P/c1-5(2,3)4;1-3-2/h1-4H3;3H2,1-2H3/q+1;-1. The second-order valence-electron chi connectivity index (χ2n) is 2.68. The summed E-state index contributed by atoms with van der Waals surface area (Å²) in [5.74, 6) is 0. The minimum atomic E-state index is 0.958. The van der Waals surface area contributed by atoms with Crippen molar-refractivity contribution in [3.05, 3.63) is 0 Å². The van der Waals surface area contributed by atoms with Gasteiger partial charge in [-0.1, -0.05) is 0 Å². The van der Waals surface area contributed by atoms with Crippen LogP contribution in [0.15, 0.2) is 0 Å². The molecule has 0 aromatic carbocycles. The zero-order chi connectivity index (χ0) is 7.21. The molecule has 0 aliphatic rings. The highest BCUT2D eigenvalue weighted by Gasteiger charge is 1.88. The van der Waals surface area contributed by atoms with E-state index < -0.39 is 0 Å². The molecule has 0 rings (SSSR count). The molecule has 0 amide bonds. The SMILES string of the molecule is C[N+](C)(C)C.[BH3-][PH2+][BH3-]. The average molecular weight is 135 g/mol. The lowest BCUT2D eigenvalue weighted by atomic mass is 10.7. The van der Waals surface area contributed by atoms with Crippen molar-refractivity contribution < 1.29 is 4.48 Å². The first-order valence-corrected chi connectivity index (χ1v) is 1.79. The Balaban J connectivity index is 0. The van der Waals surface area contributed by atoms with Crippen LogP contribution in [0.5, 0.6) is 0 Å². The Morgan fingerprint density at radius 2 is 1.00 bits per heavy atom. The van der Waals surface area contributed by atoms with Gasteiger partial charge in [-0.2, -0.15) is 0 Å². The minimum absolute atomic E-state index is 0.958. The molecule has 0 bridgehead atoms. The lowest BCUT2D eigenvalue weighted by Crippen LogP contribution is -2.27. The normalized spacial score (nSPS) is 9.75. The topological polar surface area (TPSA) is 0 Å². The summed E-state index contributed by atoms with van der Waals surface area (Å²) in [7, 11) is 11.7. The van der Waals surface area contributed by atoms with Crippen molar-refractivity contribution in [2.24, 2.45) is 0 Å². The van der Waals surface area contributed by atoms with Gasteiger partial charge in [0.25, 0.3) is 0 Å². The third-order valence-corrected chi connectivity index (χ3v) is 0. The maximum Gasteiger partial charge on any atom is 0.0781 e. The van der Waals surface area contributed by atoms with E-state index in [1.54, 1.807) is 0 Å². The van der Waals surface area contributed by atoms with Gasteiger partial charge in [-0.05, 0) is 0 Å². The molecular formula is C4H20B2NP. The molecule has 52 valence electrons. The zero-order valence-corrected chi connectivity index (χ0v) is 6.18. The van der Waals surface area contributed by atoms with Crippen molar-refractivity contribution in [3.8, 4) is 0 Å². The minimum Gasteiger partial charge on any atom is -0.359 e. The summed E-state index contributed by atoms with van der Waals surface area (Å²) in [5, 5.41) is 0. The Morgan fingerprint density at radius 3 is 1.00 bits per heavy atom. The van der Waals surface area contributed by atoms with Gasteiger partial charge in [-0.15, -0.1) is 0 Å². The van der Waals surface area contributed by atoms with Gasteiger partial charge < -0.3 is 12.8 Å². The Labute approximate surface area is 56.9 Å². The second kappa shape index (κ2) is 5.65. The van der Waals surface area contributed by atoms with Crippen LogP contribution in [-0.2, 0) is 0 Å². The average Bonchev–Trinajstić information content (AvgIpc) is 1.27. The van der Waals surface area contributed by atoms with Crippen LogP contribution in [-0.4, -0.2) is 47.8 Å². The van der Waals surface area contributed by atoms with Gasteiger partial charge >= 0.3 is 0 Å². The molecule has 4 heteroatoms. The van der Waals surface area contributed by atoms with E-state index in [0.29, 0.717) is 0 Å². The first-order valence-electron chi connectivity index (χ1n) is 1.79. The predicted molar refractivity (Wildman–Crippen MR) is 53.5 cm³/mol.